The van der Waals surface area contributed by atoms with Gasteiger partial charge in [-0.05, 0) is 39.8 Å². The van der Waals surface area contributed by atoms with Gasteiger partial charge in [0, 0.05) is 6.07 Å². The molecule has 6 nitrogen and oxygen atoms in total. The molecule has 1 rings (SSSR count). The molecule has 1 aromatic carbocycles. The van der Waals surface area contributed by atoms with Gasteiger partial charge in [0.2, 0.25) is 0 Å². The molecule has 0 bridgehead atoms. The van der Waals surface area contributed by atoms with Crippen LogP contribution in [0.25, 0.3) is 0 Å². The smallest absolute Gasteiger partial charge is 0.497 e. The number of hydrogen-bond donors (Lipinski definition) is 4. The molecule has 0 heterocycles. The van der Waals surface area contributed by atoms with Crippen LogP contribution in [0.1, 0.15) is 27.7 Å². The molecule has 0 aliphatic carbocycles. The van der Waals surface area contributed by atoms with Gasteiger partial charge in [-0.25, -0.2) is 0 Å². The molecular weight excluding hydrogens is 263 g/mol. The SMILES string of the molecule is COc1cccc(OC(C)(C)C(C)(C)O)c1.OB(O)O. The molecule has 114 valence electrons. The lowest BCUT2D eigenvalue weighted by atomic mass is 9.89. The first-order valence-electron chi connectivity index (χ1n) is 6.09. The zero-order valence-corrected chi connectivity index (χ0v) is 12.5. The number of aliphatic hydroxyl groups is 1. The van der Waals surface area contributed by atoms with E-state index >= 15 is 0 Å². The second-order valence-electron chi connectivity index (χ2n) is 5.20. The van der Waals surface area contributed by atoms with E-state index in [0.717, 1.165) is 5.75 Å². The van der Waals surface area contributed by atoms with Gasteiger partial charge in [0.05, 0.1) is 12.7 Å². The summed E-state index contributed by atoms with van der Waals surface area (Å²) in [6.07, 6.45) is 0. The van der Waals surface area contributed by atoms with E-state index in [-0.39, 0.29) is 0 Å². The highest BCUT2D eigenvalue weighted by Crippen LogP contribution is 2.29. The van der Waals surface area contributed by atoms with Gasteiger partial charge in [-0.3, -0.25) is 0 Å². The third-order valence-corrected chi connectivity index (χ3v) is 2.89. The summed E-state index contributed by atoms with van der Waals surface area (Å²) in [7, 11) is -0.555. The Morgan fingerprint density at radius 3 is 1.85 bits per heavy atom. The van der Waals surface area contributed by atoms with E-state index in [0.29, 0.717) is 5.75 Å². The van der Waals surface area contributed by atoms with Crippen molar-refractivity contribution in [2.75, 3.05) is 7.11 Å². The van der Waals surface area contributed by atoms with E-state index in [9.17, 15) is 5.11 Å². The predicted molar refractivity (Wildman–Crippen MR) is 76.4 cm³/mol. The van der Waals surface area contributed by atoms with Crippen LogP contribution in [-0.4, -0.2) is 45.8 Å². The first-order chi connectivity index (χ1) is 8.99. The van der Waals surface area contributed by atoms with E-state index in [4.69, 9.17) is 24.5 Å². The highest BCUT2D eigenvalue weighted by Gasteiger charge is 2.37. The molecular formula is C13H23BO6. The summed E-state index contributed by atoms with van der Waals surface area (Å²) in [5, 5.41) is 31.5. The zero-order valence-electron chi connectivity index (χ0n) is 12.5. The summed E-state index contributed by atoms with van der Waals surface area (Å²) < 4.78 is 10.9. The standard InChI is InChI=1S/C13H20O3.BH3O3/c1-12(2,14)13(3,4)16-11-8-6-7-10(9-11)15-5;2-1(3)4/h6-9,14H,1-5H3;2-4H. The van der Waals surface area contributed by atoms with Crippen molar-refractivity contribution in [3.8, 4) is 11.5 Å². The molecule has 0 saturated carbocycles. The number of ether oxygens (including phenoxy) is 2. The fraction of sp³-hybridized carbons (Fsp3) is 0.538. The average Bonchev–Trinajstić information content (AvgIpc) is 2.26. The van der Waals surface area contributed by atoms with Crippen LogP contribution in [0, 0.1) is 0 Å². The van der Waals surface area contributed by atoms with Crippen molar-refractivity contribution in [3.63, 3.8) is 0 Å². The van der Waals surface area contributed by atoms with Crippen LogP contribution in [0.3, 0.4) is 0 Å². The normalized spacial score (nSPS) is 11.2. The quantitative estimate of drug-likeness (QED) is 0.604. The molecule has 0 spiro atoms. The van der Waals surface area contributed by atoms with Crippen molar-refractivity contribution in [3.05, 3.63) is 24.3 Å². The summed E-state index contributed by atoms with van der Waals surface area (Å²) in [5.41, 5.74) is -1.59. The van der Waals surface area contributed by atoms with Crippen LogP contribution in [-0.2, 0) is 0 Å². The van der Waals surface area contributed by atoms with Crippen LogP contribution in [0.15, 0.2) is 24.3 Å². The minimum atomic E-state index is -2.17. The van der Waals surface area contributed by atoms with Crippen molar-refractivity contribution in [1.82, 2.24) is 0 Å². The molecule has 0 saturated heterocycles. The van der Waals surface area contributed by atoms with E-state index in [1.54, 1.807) is 27.0 Å². The van der Waals surface area contributed by atoms with E-state index in [1.165, 1.54) is 0 Å². The summed E-state index contributed by atoms with van der Waals surface area (Å²) in [5.74, 6) is 1.43. The topological polar surface area (TPSA) is 99.4 Å². The molecule has 0 aromatic heterocycles. The Kier molecular flexibility index (Phi) is 7.01. The van der Waals surface area contributed by atoms with Crippen molar-refractivity contribution < 1.29 is 29.7 Å². The number of benzene rings is 1. The molecule has 1 aromatic rings. The number of hydrogen-bond acceptors (Lipinski definition) is 6. The summed E-state index contributed by atoms with van der Waals surface area (Å²) in [4.78, 5) is 0. The lowest BCUT2D eigenvalue weighted by molar-refractivity contribution is -0.0907. The van der Waals surface area contributed by atoms with E-state index < -0.39 is 18.5 Å². The maximum absolute atomic E-state index is 9.98. The minimum Gasteiger partial charge on any atom is -0.497 e. The molecule has 0 amide bonds. The Hall–Kier alpha value is -1.28. The predicted octanol–water partition coefficient (Wildman–Crippen LogP) is 0.572. The fourth-order valence-corrected chi connectivity index (χ4v) is 1.08. The highest BCUT2D eigenvalue weighted by atomic mass is 16.5. The molecule has 0 aliphatic heterocycles. The second kappa shape index (κ2) is 7.49. The highest BCUT2D eigenvalue weighted by molar-refractivity contribution is 6.30. The van der Waals surface area contributed by atoms with Crippen LogP contribution < -0.4 is 9.47 Å². The molecule has 0 aliphatic rings. The monoisotopic (exact) mass is 286 g/mol. The maximum Gasteiger partial charge on any atom is 0.631 e. The number of methoxy groups -OCH3 is 1. The fourth-order valence-electron chi connectivity index (χ4n) is 1.08. The van der Waals surface area contributed by atoms with Crippen LogP contribution in [0.4, 0.5) is 0 Å². The number of rotatable bonds is 4. The first kappa shape index (κ1) is 18.7. The maximum atomic E-state index is 9.98. The Bertz CT molecular complexity index is 397. The molecule has 7 heteroatoms. The lowest BCUT2D eigenvalue weighted by Crippen LogP contribution is -2.49. The summed E-state index contributed by atoms with van der Waals surface area (Å²) in [6, 6.07) is 7.35. The van der Waals surface area contributed by atoms with Crippen molar-refractivity contribution >= 4 is 7.32 Å². The van der Waals surface area contributed by atoms with Gasteiger partial charge in [-0.2, -0.15) is 0 Å². The summed E-state index contributed by atoms with van der Waals surface area (Å²) in [6.45, 7) is 7.17. The molecule has 0 unspecified atom stereocenters. The molecule has 0 fully saturated rings. The van der Waals surface area contributed by atoms with E-state index in [2.05, 4.69) is 0 Å². The zero-order chi connectivity index (χ0) is 16.0. The van der Waals surface area contributed by atoms with Gasteiger partial charge in [0.25, 0.3) is 0 Å². The van der Waals surface area contributed by atoms with Gasteiger partial charge in [0.15, 0.2) is 0 Å². The third-order valence-electron chi connectivity index (χ3n) is 2.89. The van der Waals surface area contributed by atoms with Gasteiger partial charge in [0.1, 0.15) is 17.1 Å². The van der Waals surface area contributed by atoms with Crippen LogP contribution >= 0.6 is 0 Å². The second-order valence-corrected chi connectivity index (χ2v) is 5.20. The van der Waals surface area contributed by atoms with Gasteiger partial charge in [-0.15, -0.1) is 0 Å². The molecule has 4 N–H and O–H groups in total. The Morgan fingerprint density at radius 2 is 1.45 bits per heavy atom. The Labute approximate surface area is 119 Å². The van der Waals surface area contributed by atoms with Crippen LogP contribution in [0.5, 0.6) is 11.5 Å². The van der Waals surface area contributed by atoms with Gasteiger partial charge in [-0.1, -0.05) is 6.07 Å². The van der Waals surface area contributed by atoms with E-state index in [1.807, 2.05) is 32.0 Å². The Balaban J connectivity index is 0.000000796. The van der Waals surface area contributed by atoms with Gasteiger partial charge < -0.3 is 29.7 Å². The first-order valence-corrected chi connectivity index (χ1v) is 6.09. The average molecular weight is 286 g/mol. The van der Waals surface area contributed by atoms with Crippen LogP contribution in [0.2, 0.25) is 0 Å². The lowest BCUT2D eigenvalue weighted by Gasteiger charge is -2.37. The third kappa shape index (κ3) is 6.77. The van der Waals surface area contributed by atoms with Crippen molar-refractivity contribution in [1.29, 1.82) is 0 Å². The van der Waals surface area contributed by atoms with Crippen molar-refractivity contribution in [2.24, 2.45) is 0 Å². The largest absolute Gasteiger partial charge is 0.631 e. The molecule has 0 atom stereocenters. The molecule has 0 radical (unpaired) electrons. The molecule has 20 heavy (non-hydrogen) atoms. The van der Waals surface area contributed by atoms with Crippen molar-refractivity contribution in [2.45, 2.75) is 38.9 Å². The summed E-state index contributed by atoms with van der Waals surface area (Å²) >= 11 is 0. The minimum absolute atomic E-state index is 0.667. The van der Waals surface area contributed by atoms with Gasteiger partial charge >= 0.3 is 7.32 Å². The Morgan fingerprint density at radius 1 is 1.00 bits per heavy atom.